The molecular formula is C24H28N2O5. The predicted molar refractivity (Wildman–Crippen MR) is 115 cm³/mol. The van der Waals surface area contributed by atoms with Gasteiger partial charge < -0.3 is 24.0 Å². The third-order valence-electron chi connectivity index (χ3n) is 5.99. The van der Waals surface area contributed by atoms with Crippen molar-refractivity contribution in [3.8, 4) is 11.5 Å². The van der Waals surface area contributed by atoms with Gasteiger partial charge in [0.25, 0.3) is 5.91 Å². The Bertz CT molecular complexity index is 947. The molecule has 0 spiro atoms. The molecular weight excluding hydrogens is 396 g/mol. The van der Waals surface area contributed by atoms with Crippen LogP contribution in [0.1, 0.15) is 28.4 Å². The number of hydrogen-bond acceptors (Lipinski definition) is 5. The molecule has 0 aromatic heterocycles. The predicted octanol–water partition coefficient (Wildman–Crippen LogP) is 2.77. The number of rotatable bonds is 5. The van der Waals surface area contributed by atoms with E-state index in [1.807, 2.05) is 46.2 Å². The molecule has 2 aliphatic heterocycles. The van der Waals surface area contributed by atoms with E-state index in [9.17, 15) is 9.59 Å². The van der Waals surface area contributed by atoms with Crippen molar-refractivity contribution >= 4 is 11.8 Å². The molecule has 4 rings (SSSR count). The van der Waals surface area contributed by atoms with Crippen molar-refractivity contribution in [1.29, 1.82) is 0 Å². The number of carbonyl (C=O) groups excluding carboxylic acids is 2. The Hall–Kier alpha value is -3.06. The van der Waals surface area contributed by atoms with Gasteiger partial charge in [0, 0.05) is 50.2 Å². The van der Waals surface area contributed by atoms with Gasteiger partial charge in [-0.05, 0) is 24.3 Å². The zero-order chi connectivity index (χ0) is 21.8. The van der Waals surface area contributed by atoms with Crippen LogP contribution < -0.4 is 9.47 Å². The van der Waals surface area contributed by atoms with E-state index in [1.165, 1.54) is 0 Å². The summed E-state index contributed by atoms with van der Waals surface area (Å²) in [6.07, 6.45) is 0.270. The summed E-state index contributed by atoms with van der Waals surface area (Å²) in [6.45, 7) is 2.31. The Balaban J connectivity index is 1.72. The second-order valence-corrected chi connectivity index (χ2v) is 7.87. The molecule has 164 valence electrons. The largest absolute Gasteiger partial charge is 0.497 e. The summed E-state index contributed by atoms with van der Waals surface area (Å²) in [7, 11) is 3.21. The monoisotopic (exact) mass is 424 g/mol. The zero-order valence-corrected chi connectivity index (χ0v) is 18.0. The smallest absolute Gasteiger partial charge is 0.254 e. The minimum absolute atomic E-state index is 0.0257. The Labute approximate surface area is 182 Å². The van der Waals surface area contributed by atoms with E-state index in [2.05, 4.69) is 0 Å². The number of methoxy groups -OCH3 is 2. The first kappa shape index (κ1) is 21.2. The Morgan fingerprint density at radius 1 is 1.16 bits per heavy atom. The van der Waals surface area contributed by atoms with Crippen molar-refractivity contribution in [2.75, 3.05) is 47.1 Å². The molecule has 2 aliphatic rings. The minimum atomic E-state index is -0.179. The van der Waals surface area contributed by atoms with Crippen molar-refractivity contribution < 1.29 is 23.8 Å². The summed E-state index contributed by atoms with van der Waals surface area (Å²) in [6, 6.07) is 14.8. The summed E-state index contributed by atoms with van der Waals surface area (Å²) in [5, 5.41) is 0. The van der Waals surface area contributed by atoms with Crippen LogP contribution in [0.3, 0.4) is 0 Å². The Morgan fingerprint density at radius 3 is 2.81 bits per heavy atom. The van der Waals surface area contributed by atoms with Crippen LogP contribution >= 0.6 is 0 Å². The van der Waals surface area contributed by atoms with Crippen LogP contribution in [-0.4, -0.2) is 68.7 Å². The second-order valence-electron chi connectivity index (χ2n) is 7.87. The maximum atomic E-state index is 13.6. The zero-order valence-electron chi connectivity index (χ0n) is 18.0. The highest BCUT2D eigenvalue weighted by Gasteiger charge is 2.41. The van der Waals surface area contributed by atoms with Crippen molar-refractivity contribution in [3.05, 3.63) is 59.7 Å². The molecule has 0 unspecified atom stereocenters. The third kappa shape index (κ3) is 4.37. The van der Waals surface area contributed by atoms with Gasteiger partial charge in [0.05, 0.1) is 26.4 Å². The number of nitrogens with zero attached hydrogens (tertiary/aromatic N) is 2. The third-order valence-corrected chi connectivity index (χ3v) is 5.99. The fraction of sp³-hybridized carbons (Fsp3) is 0.417. The molecule has 2 amide bonds. The maximum Gasteiger partial charge on any atom is 0.254 e. The van der Waals surface area contributed by atoms with Crippen LogP contribution in [0.2, 0.25) is 0 Å². The highest BCUT2D eigenvalue weighted by Crippen LogP contribution is 2.41. The molecule has 0 N–H and O–H groups in total. The summed E-state index contributed by atoms with van der Waals surface area (Å²) in [4.78, 5) is 30.2. The average Bonchev–Trinajstić information content (AvgIpc) is 2.81. The van der Waals surface area contributed by atoms with Gasteiger partial charge in [-0.3, -0.25) is 9.59 Å². The van der Waals surface area contributed by atoms with Crippen LogP contribution in [0, 0.1) is 5.92 Å². The summed E-state index contributed by atoms with van der Waals surface area (Å²) in [5.74, 6) is 1.30. The van der Waals surface area contributed by atoms with Crippen LogP contribution in [0.5, 0.6) is 11.5 Å². The number of benzene rings is 2. The first-order chi connectivity index (χ1) is 15.1. The molecule has 0 aliphatic carbocycles. The van der Waals surface area contributed by atoms with Gasteiger partial charge in [0.2, 0.25) is 5.91 Å². The molecule has 1 fully saturated rings. The molecule has 2 aromatic rings. The normalized spacial score (nSPS) is 20.8. The SMILES string of the molecule is COCCN1C[C@H]2COc3ccccc3[C@H]2N(C(=O)c2cccc(OC)c2)CCC1=O. The number of ether oxygens (including phenoxy) is 3. The van der Waals surface area contributed by atoms with Crippen molar-refractivity contribution in [2.45, 2.75) is 12.5 Å². The van der Waals surface area contributed by atoms with E-state index in [1.54, 1.807) is 26.4 Å². The Morgan fingerprint density at radius 2 is 2.00 bits per heavy atom. The minimum Gasteiger partial charge on any atom is -0.497 e. The Kier molecular flexibility index (Phi) is 6.42. The molecule has 31 heavy (non-hydrogen) atoms. The van der Waals surface area contributed by atoms with Gasteiger partial charge >= 0.3 is 0 Å². The first-order valence-corrected chi connectivity index (χ1v) is 10.6. The van der Waals surface area contributed by atoms with E-state index in [0.717, 1.165) is 11.3 Å². The average molecular weight is 424 g/mol. The quantitative estimate of drug-likeness (QED) is 0.738. The van der Waals surface area contributed by atoms with E-state index >= 15 is 0 Å². The molecule has 1 saturated heterocycles. The molecule has 7 heteroatoms. The second kappa shape index (κ2) is 9.39. The van der Waals surface area contributed by atoms with Crippen LogP contribution in [0.15, 0.2) is 48.5 Å². The molecule has 0 radical (unpaired) electrons. The van der Waals surface area contributed by atoms with Crippen molar-refractivity contribution in [1.82, 2.24) is 9.80 Å². The van der Waals surface area contributed by atoms with E-state index in [0.29, 0.717) is 44.2 Å². The van der Waals surface area contributed by atoms with Crippen LogP contribution in [-0.2, 0) is 9.53 Å². The first-order valence-electron chi connectivity index (χ1n) is 10.6. The van der Waals surface area contributed by atoms with Gasteiger partial charge in [0.1, 0.15) is 11.5 Å². The lowest BCUT2D eigenvalue weighted by molar-refractivity contribution is -0.135. The van der Waals surface area contributed by atoms with Crippen LogP contribution in [0.25, 0.3) is 0 Å². The number of amides is 2. The maximum absolute atomic E-state index is 13.6. The lowest BCUT2D eigenvalue weighted by Gasteiger charge is -2.44. The standard InChI is InChI=1S/C24H28N2O5/c1-29-13-12-25-15-18-16-31-21-9-4-3-8-20(21)23(18)26(11-10-22(25)27)24(28)17-6-5-7-19(14-17)30-2/h3-9,14,18,23H,10-13,15-16H2,1-2H3/t18-,23-/m0/s1. The van der Waals surface area contributed by atoms with E-state index in [4.69, 9.17) is 14.2 Å². The highest BCUT2D eigenvalue weighted by atomic mass is 16.5. The van der Waals surface area contributed by atoms with Gasteiger partial charge in [-0.2, -0.15) is 0 Å². The topological polar surface area (TPSA) is 68.3 Å². The van der Waals surface area contributed by atoms with E-state index in [-0.39, 0.29) is 30.2 Å². The van der Waals surface area contributed by atoms with E-state index < -0.39 is 0 Å². The molecule has 7 nitrogen and oxygen atoms in total. The number of hydrogen-bond donors (Lipinski definition) is 0. The molecule has 0 saturated carbocycles. The highest BCUT2D eigenvalue weighted by molar-refractivity contribution is 5.95. The van der Waals surface area contributed by atoms with Gasteiger partial charge in [-0.1, -0.05) is 24.3 Å². The van der Waals surface area contributed by atoms with Crippen molar-refractivity contribution in [3.63, 3.8) is 0 Å². The van der Waals surface area contributed by atoms with Crippen molar-refractivity contribution in [2.24, 2.45) is 5.92 Å². The molecule has 2 atom stereocenters. The van der Waals surface area contributed by atoms with Gasteiger partial charge in [0.15, 0.2) is 0 Å². The fourth-order valence-electron chi connectivity index (χ4n) is 4.44. The van der Waals surface area contributed by atoms with Gasteiger partial charge in [-0.25, -0.2) is 0 Å². The fourth-order valence-corrected chi connectivity index (χ4v) is 4.44. The lowest BCUT2D eigenvalue weighted by Crippen LogP contribution is -2.51. The summed E-state index contributed by atoms with van der Waals surface area (Å²) in [5.41, 5.74) is 1.53. The van der Waals surface area contributed by atoms with Crippen LogP contribution in [0.4, 0.5) is 0 Å². The molecule has 2 aromatic carbocycles. The van der Waals surface area contributed by atoms with Gasteiger partial charge in [-0.15, -0.1) is 0 Å². The summed E-state index contributed by atoms with van der Waals surface area (Å²) >= 11 is 0. The summed E-state index contributed by atoms with van der Waals surface area (Å²) < 4.78 is 16.5. The number of para-hydroxylation sites is 1. The lowest BCUT2D eigenvalue weighted by atomic mass is 9.87. The molecule has 2 heterocycles. The number of carbonyl (C=O) groups is 2. The number of fused-ring (bicyclic) bond motifs is 3. The molecule has 0 bridgehead atoms.